The Balaban J connectivity index is 1.73. The molecule has 0 radical (unpaired) electrons. The van der Waals surface area contributed by atoms with Gasteiger partial charge in [-0.1, -0.05) is 90.3 Å². The lowest BCUT2D eigenvalue weighted by Crippen LogP contribution is -2.32. The van der Waals surface area contributed by atoms with Gasteiger partial charge in [0.2, 0.25) is 0 Å². The summed E-state index contributed by atoms with van der Waals surface area (Å²) in [6, 6.07) is 23.2. The molecule has 0 spiro atoms. The van der Waals surface area contributed by atoms with Crippen molar-refractivity contribution in [1.82, 2.24) is 7.91 Å². The second-order valence-corrected chi connectivity index (χ2v) is 17.6. The van der Waals surface area contributed by atoms with E-state index >= 15 is 0 Å². The van der Waals surface area contributed by atoms with Gasteiger partial charge in [-0.25, -0.2) is 0 Å². The third-order valence-corrected chi connectivity index (χ3v) is 9.34. The van der Waals surface area contributed by atoms with E-state index in [0.29, 0.717) is 24.4 Å². The fourth-order valence-electron chi connectivity index (χ4n) is 4.14. The molecule has 3 aromatic carbocycles. The molecule has 4 rings (SSSR count). The van der Waals surface area contributed by atoms with E-state index in [4.69, 9.17) is 11.8 Å². The van der Waals surface area contributed by atoms with E-state index in [1.54, 1.807) is 12.1 Å². The molecule has 38 heavy (non-hydrogen) atoms. The second kappa shape index (κ2) is 12.1. The van der Waals surface area contributed by atoms with Gasteiger partial charge in [-0.2, -0.15) is 0 Å². The van der Waals surface area contributed by atoms with Crippen molar-refractivity contribution in [2.75, 3.05) is 0 Å². The molecule has 0 aliphatic heterocycles. The zero-order valence-corrected chi connectivity index (χ0v) is 23.9. The Morgan fingerprint density at radius 3 is 2.16 bits per heavy atom. The highest BCUT2D eigenvalue weighted by molar-refractivity contribution is 7.15. The van der Waals surface area contributed by atoms with Crippen LogP contribution in [-0.2, 0) is 26.0 Å². The average Bonchev–Trinajstić information content (AvgIpc) is 3.11. The van der Waals surface area contributed by atoms with Crippen LogP contribution in [0.5, 0.6) is 5.75 Å². The Hall–Kier alpha value is -3.24. The maximum absolute atomic E-state index is 13.4. The first-order valence-electron chi connectivity index (χ1n) is 13.2. The van der Waals surface area contributed by atoms with Crippen LogP contribution in [-0.4, -0.2) is 26.6 Å². The molecule has 2 N–H and O–H groups in total. The van der Waals surface area contributed by atoms with Gasteiger partial charge in [-0.3, -0.25) is 9.59 Å². The normalized spacial score (nSPS) is 13.3. The SMILES string of the molecule is [3H]c1c(C[C@@H](N)Cc2ccccc2)ccc(-n2c(=O)c(=O)n(CC[Si](C)(C)C)[s+]2[O-])c1OCc1ccccc1. The Labute approximate surface area is 228 Å². The second-order valence-electron chi connectivity index (χ2n) is 10.7. The third kappa shape index (κ3) is 6.99. The lowest BCUT2D eigenvalue weighted by Gasteiger charge is -2.16. The van der Waals surface area contributed by atoms with Gasteiger partial charge in [0.15, 0.2) is 0 Å². The minimum Gasteiger partial charge on any atom is -0.549 e. The van der Waals surface area contributed by atoms with Crippen molar-refractivity contribution in [2.24, 2.45) is 5.73 Å². The number of nitrogens with two attached hydrogens (primary N) is 1. The summed E-state index contributed by atoms with van der Waals surface area (Å²) in [4.78, 5) is 25.9. The fourth-order valence-corrected chi connectivity index (χ4v) is 6.39. The Kier molecular flexibility index (Phi) is 8.38. The van der Waals surface area contributed by atoms with Crippen LogP contribution in [0.3, 0.4) is 0 Å². The first-order chi connectivity index (χ1) is 18.5. The molecule has 0 fully saturated rings. The molecule has 0 bridgehead atoms. The molecule has 4 aromatic rings. The predicted octanol–water partition coefficient (Wildman–Crippen LogP) is 4.76. The van der Waals surface area contributed by atoms with Crippen molar-refractivity contribution in [3.05, 3.63) is 116 Å². The summed E-state index contributed by atoms with van der Waals surface area (Å²) in [6.07, 6.45) is 1.05. The van der Waals surface area contributed by atoms with E-state index in [1.165, 1.54) is 0 Å². The molecule has 0 saturated heterocycles. The topological polar surface area (TPSA) is 102 Å². The number of nitrogens with zero attached hydrogens (tertiary/aromatic N) is 2. The molecule has 7 nitrogen and oxygen atoms in total. The molecule has 9 heteroatoms. The summed E-state index contributed by atoms with van der Waals surface area (Å²) in [6.45, 7) is 6.84. The molecule has 1 unspecified atom stereocenters. The Bertz CT molecular complexity index is 1530. The third-order valence-electron chi connectivity index (χ3n) is 6.22. The molecule has 1 heterocycles. The van der Waals surface area contributed by atoms with E-state index in [9.17, 15) is 14.1 Å². The van der Waals surface area contributed by atoms with E-state index in [-0.39, 0.29) is 36.7 Å². The summed E-state index contributed by atoms with van der Waals surface area (Å²) in [7, 11) is -1.55. The summed E-state index contributed by atoms with van der Waals surface area (Å²) in [5.74, 6) is 0.102. The number of benzene rings is 3. The van der Waals surface area contributed by atoms with Gasteiger partial charge in [0.25, 0.3) is 0 Å². The summed E-state index contributed by atoms with van der Waals surface area (Å²) >= 11 is -2.05. The van der Waals surface area contributed by atoms with E-state index in [2.05, 4.69) is 19.6 Å². The molecule has 0 aliphatic carbocycles. The minimum absolute atomic E-state index is 0.0599. The van der Waals surface area contributed by atoms with Gasteiger partial charge in [0.1, 0.15) is 29.2 Å². The molecule has 2 atom stereocenters. The summed E-state index contributed by atoms with van der Waals surface area (Å²) < 4.78 is 30.6. The zero-order chi connectivity index (χ0) is 28.2. The number of ether oxygens (including phenoxy) is 1. The van der Waals surface area contributed by atoms with E-state index in [0.717, 1.165) is 19.0 Å². The van der Waals surface area contributed by atoms with Crippen molar-refractivity contribution < 1.29 is 10.7 Å². The van der Waals surface area contributed by atoms with Gasteiger partial charge < -0.3 is 15.0 Å². The molecule has 0 saturated carbocycles. The number of rotatable bonds is 11. The van der Waals surface area contributed by atoms with Crippen molar-refractivity contribution in [1.29, 1.82) is 0 Å². The monoisotopic (exact) mass is 551 g/mol. The van der Waals surface area contributed by atoms with Crippen LogP contribution in [0.25, 0.3) is 5.69 Å². The van der Waals surface area contributed by atoms with E-state index in [1.807, 2.05) is 60.7 Å². The van der Waals surface area contributed by atoms with Gasteiger partial charge >= 0.3 is 11.1 Å². The zero-order valence-electron chi connectivity index (χ0n) is 23.1. The average molecular weight is 552 g/mol. The van der Waals surface area contributed by atoms with Crippen LogP contribution < -0.4 is 21.6 Å². The highest BCUT2D eigenvalue weighted by Crippen LogP contribution is 2.29. The van der Waals surface area contributed by atoms with Gasteiger partial charge in [0, 0.05) is 14.1 Å². The Morgan fingerprint density at radius 2 is 1.53 bits per heavy atom. The van der Waals surface area contributed by atoms with Crippen LogP contribution in [0.4, 0.5) is 0 Å². The van der Waals surface area contributed by atoms with Crippen molar-refractivity contribution in [3.8, 4) is 11.4 Å². The molecule has 200 valence electrons. The van der Waals surface area contributed by atoms with Gasteiger partial charge in [-0.05, 0) is 47.7 Å². The minimum atomic E-state index is -2.05. The van der Waals surface area contributed by atoms with Crippen LogP contribution in [0.2, 0.25) is 25.7 Å². The van der Waals surface area contributed by atoms with Gasteiger partial charge in [-0.15, -0.1) is 3.96 Å². The van der Waals surface area contributed by atoms with Crippen LogP contribution in [0, 0.1) is 0 Å². The highest BCUT2D eigenvalue weighted by atomic mass is 32.2. The number of aromatic nitrogens is 2. The number of hydrogen-bond acceptors (Lipinski definition) is 5. The molecular formula is C29H35N3O4SSi. The van der Waals surface area contributed by atoms with Crippen molar-refractivity contribution in [3.63, 3.8) is 0 Å². The summed E-state index contributed by atoms with van der Waals surface area (Å²) in [5.41, 5.74) is 7.51. The van der Waals surface area contributed by atoms with Crippen molar-refractivity contribution in [2.45, 2.75) is 57.7 Å². The standard InChI is InChI=1S/C29H35N3O4SSi/c1-38(2,3)17-16-31-28(33)29(34)32(37(31)35)26-15-14-24(19-25(30)18-22-10-6-4-7-11-22)20-27(26)36-21-23-12-8-5-9-13-23/h4-15,20,25H,16-19,21,30H2,1-3H3/t25-,37?/m0/s1/i20T. The maximum Gasteiger partial charge on any atom is 0.368 e. The maximum atomic E-state index is 13.4. The van der Waals surface area contributed by atoms with Crippen LogP contribution in [0.15, 0.2) is 88.4 Å². The fraction of sp³-hybridized carbons (Fsp3) is 0.310. The molecule has 0 aliphatic rings. The predicted molar refractivity (Wildman–Crippen MR) is 156 cm³/mol. The lowest BCUT2D eigenvalue weighted by molar-refractivity contribution is 0.305. The largest absolute Gasteiger partial charge is 0.549 e. The lowest BCUT2D eigenvalue weighted by atomic mass is 9.99. The van der Waals surface area contributed by atoms with Crippen LogP contribution in [0.1, 0.15) is 18.1 Å². The smallest absolute Gasteiger partial charge is 0.368 e. The molecular weight excluding hydrogens is 514 g/mol. The van der Waals surface area contributed by atoms with Crippen LogP contribution >= 0.6 is 11.1 Å². The van der Waals surface area contributed by atoms with Gasteiger partial charge in [0.05, 0.1) is 7.92 Å². The highest BCUT2D eigenvalue weighted by Gasteiger charge is 2.27. The summed E-state index contributed by atoms with van der Waals surface area (Å²) in [5, 5.41) is 0. The molecule has 0 amide bonds. The number of hydrogen-bond donors (Lipinski definition) is 1. The molecule has 1 aromatic heterocycles. The van der Waals surface area contributed by atoms with E-state index < -0.39 is 30.3 Å². The quantitative estimate of drug-likeness (QED) is 0.165. The van der Waals surface area contributed by atoms with Crippen molar-refractivity contribution >= 4 is 19.2 Å². The first-order valence-corrected chi connectivity index (χ1v) is 17.5. The Morgan fingerprint density at radius 1 is 0.921 bits per heavy atom. The first kappa shape index (κ1) is 26.4.